The minimum absolute atomic E-state index is 0.362. The van der Waals surface area contributed by atoms with Crippen LogP contribution in [-0.4, -0.2) is 13.4 Å². The first-order valence-corrected chi connectivity index (χ1v) is 9.68. The maximum Gasteiger partial charge on any atom is 0.256 e. The van der Waals surface area contributed by atoms with E-state index in [4.69, 9.17) is 0 Å². The molecule has 4 nitrogen and oxygen atoms in total. The SMILES string of the molecule is O=S(=O)(/C=C/c1ccccc1)Nc1nc(-c2cccs2)cs1. The van der Waals surface area contributed by atoms with E-state index in [0.717, 1.165) is 21.5 Å². The van der Waals surface area contributed by atoms with Crippen LogP contribution in [0.2, 0.25) is 0 Å². The van der Waals surface area contributed by atoms with Gasteiger partial charge in [0.15, 0.2) is 5.13 Å². The van der Waals surface area contributed by atoms with Crippen molar-refractivity contribution in [2.24, 2.45) is 0 Å². The molecule has 0 aliphatic heterocycles. The Kier molecular flexibility index (Phi) is 4.37. The van der Waals surface area contributed by atoms with Gasteiger partial charge in [-0.15, -0.1) is 22.7 Å². The third-order valence-corrected chi connectivity index (χ3v) is 5.50. The number of thiophene rings is 1. The van der Waals surface area contributed by atoms with Crippen molar-refractivity contribution in [3.8, 4) is 10.6 Å². The number of nitrogens with one attached hydrogen (secondary N) is 1. The van der Waals surface area contributed by atoms with Crippen LogP contribution >= 0.6 is 22.7 Å². The first kappa shape index (κ1) is 15.0. The number of benzene rings is 1. The lowest BCUT2D eigenvalue weighted by atomic mass is 10.2. The highest BCUT2D eigenvalue weighted by Crippen LogP contribution is 2.28. The molecule has 22 heavy (non-hydrogen) atoms. The summed E-state index contributed by atoms with van der Waals surface area (Å²) in [6, 6.07) is 13.2. The first-order valence-electron chi connectivity index (χ1n) is 6.38. The van der Waals surface area contributed by atoms with Gasteiger partial charge in [-0.1, -0.05) is 36.4 Å². The molecule has 112 valence electrons. The molecule has 1 N–H and O–H groups in total. The summed E-state index contributed by atoms with van der Waals surface area (Å²) in [6.45, 7) is 0. The molecule has 0 atom stereocenters. The number of hydrogen-bond donors (Lipinski definition) is 1. The Bertz CT molecular complexity index is 867. The molecule has 0 amide bonds. The van der Waals surface area contributed by atoms with Crippen molar-refractivity contribution in [2.45, 2.75) is 0 Å². The fraction of sp³-hybridized carbons (Fsp3) is 0. The van der Waals surface area contributed by atoms with Gasteiger partial charge in [0, 0.05) is 5.38 Å². The first-order chi connectivity index (χ1) is 10.6. The Labute approximate surface area is 136 Å². The van der Waals surface area contributed by atoms with Crippen molar-refractivity contribution in [1.29, 1.82) is 0 Å². The quantitative estimate of drug-likeness (QED) is 0.748. The Morgan fingerprint density at radius 1 is 1.05 bits per heavy atom. The lowest BCUT2D eigenvalue weighted by Crippen LogP contribution is -2.08. The number of nitrogens with zero attached hydrogens (tertiary/aromatic N) is 1. The predicted molar refractivity (Wildman–Crippen MR) is 93.4 cm³/mol. The molecule has 2 aromatic heterocycles. The van der Waals surface area contributed by atoms with Gasteiger partial charge in [0.1, 0.15) is 0 Å². The van der Waals surface area contributed by atoms with E-state index in [1.165, 1.54) is 11.3 Å². The Morgan fingerprint density at radius 3 is 2.59 bits per heavy atom. The summed E-state index contributed by atoms with van der Waals surface area (Å²) in [7, 11) is -3.57. The average molecular weight is 348 g/mol. The summed E-state index contributed by atoms with van der Waals surface area (Å²) in [6.07, 6.45) is 1.55. The fourth-order valence-corrected chi connectivity index (χ4v) is 4.30. The maximum absolute atomic E-state index is 12.0. The summed E-state index contributed by atoms with van der Waals surface area (Å²) in [5.41, 5.74) is 1.61. The van der Waals surface area contributed by atoms with E-state index in [9.17, 15) is 8.42 Å². The number of anilines is 1. The monoisotopic (exact) mass is 348 g/mol. The van der Waals surface area contributed by atoms with Gasteiger partial charge in [-0.25, -0.2) is 13.4 Å². The molecule has 0 bridgehead atoms. The second-order valence-electron chi connectivity index (χ2n) is 4.38. The molecule has 7 heteroatoms. The van der Waals surface area contributed by atoms with Gasteiger partial charge in [-0.2, -0.15) is 0 Å². The molecule has 0 aliphatic rings. The van der Waals surface area contributed by atoms with Crippen LogP contribution in [0.25, 0.3) is 16.6 Å². The summed E-state index contributed by atoms with van der Waals surface area (Å²) >= 11 is 2.84. The number of rotatable bonds is 5. The topological polar surface area (TPSA) is 59.1 Å². The molecular formula is C15H12N2O2S3. The second-order valence-corrected chi connectivity index (χ2v) is 7.75. The van der Waals surface area contributed by atoms with E-state index < -0.39 is 10.0 Å². The molecule has 0 fully saturated rings. The molecule has 0 saturated heterocycles. The fourth-order valence-electron chi connectivity index (χ4n) is 1.75. The van der Waals surface area contributed by atoms with Gasteiger partial charge in [-0.05, 0) is 23.1 Å². The molecule has 1 aromatic carbocycles. The summed E-state index contributed by atoms with van der Waals surface area (Å²) in [5, 5.41) is 5.31. The zero-order valence-electron chi connectivity index (χ0n) is 11.3. The number of sulfonamides is 1. The van der Waals surface area contributed by atoms with Gasteiger partial charge in [0.05, 0.1) is 16.0 Å². The highest BCUT2D eigenvalue weighted by Gasteiger charge is 2.10. The summed E-state index contributed by atoms with van der Waals surface area (Å²) < 4.78 is 26.5. The Hall–Kier alpha value is -1.96. The van der Waals surface area contributed by atoms with Crippen molar-refractivity contribution < 1.29 is 8.42 Å². The van der Waals surface area contributed by atoms with Crippen LogP contribution in [0, 0.1) is 0 Å². The molecule has 0 radical (unpaired) electrons. The van der Waals surface area contributed by atoms with E-state index in [1.807, 2.05) is 53.2 Å². The van der Waals surface area contributed by atoms with Gasteiger partial charge >= 0.3 is 0 Å². The van der Waals surface area contributed by atoms with Crippen LogP contribution in [0.4, 0.5) is 5.13 Å². The highest BCUT2D eigenvalue weighted by atomic mass is 32.2. The molecule has 0 saturated carbocycles. The van der Waals surface area contributed by atoms with E-state index in [2.05, 4.69) is 9.71 Å². The maximum atomic E-state index is 12.0. The van der Waals surface area contributed by atoms with Gasteiger partial charge < -0.3 is 0 Å². The van der Waals surface area contributed by atoms with Crippen molar-refractivity contribution in [3.63, 3.8) is 0 Å². The summed E-state index contributed by atoms with van der Waals surface area (Å²) in [4.78, 5) is 5.31. The van der Waals surface area contributed by atoms with Crippen molar-refractivity contribution >= 4 is 43.9 Å². The van der Waals surface area contributed by atoms with E-state index in [0.29, 0.717) is 5.13 Å². The third kappa shape index (κ3) is 3.82. The highest BCUT2D eigenvalue weighted by molar-refractivity contribution is 7.95. The Balaban J connectivity index is 1.73. The van der Waals surface area contributed by atoms with Crippen molar-refractivity contribution in [3.05, 3.63) is 64.2 Å². The largest absolute Gasteiger partial charge is 0.256 e. The van der Waals surface area contributed by atoms with Crippen LogP contribution in [-0.2, 0) is 10.0 Å². The lowest BCUT2D eigenvalue weighted by Gasteiger charge is -1.99. The van der Waals surface area contributed by atoms with Gasteiger partial charge in [0.2, 0.25) is 0 Å². The number of hydrogen-bond acceptors (Lipinski definition) is 5. The molecule has 3 aromatic rings. The molecule has 2 heterocycles. The van der Waals surface area contributed by atoms with Crippen LogP contribution in [0.3, 0.4) is 0 Å². The average Bonchev–Trinajstić information content (AvgIpc) is 3.17. The van der Waals surface area contributed by atoms with Crippen LogP contribution in [0.15, 0.2) is 58.6 Å². The standard InChI is InChI=1S/C15H12N2O2S3/c18-22(19,10-8-12-5-2-1-3-6-12)17-15-16-13(11-21-15)14-7-4-9-20-14/h1-11H,(H,16,17)/b10-8+. The molecule has 0 aliphatic carbocycles. The normalized spacial score (nSPS) is 11.8. The molecule has 0 spiro atoms. The molecule has 0 unspecified atom stereocenters. The number of thiazole rings is 1. The van der Waals surface area contributed by atoms with Crippen LogP contribution in [0.1, 0.15) is 5.56 Å². The lowest BCUT2D eigenvalue weighted by molar-refractivity contribution is 0.609. The van der Waals surface area contributed by atoms with Crippen LogP contribution in [0.5, 0.6) is 0 Å². The molecule has 3 rings (SSSR count). The van der Waals surface area contributed by atoms with Gasteiger partial charge in [0.25, 0.3) is 10.0 Å². The smallest absolute Gasteiger partial charge is 0.255 e. The molecular weight excluding hydrogens is 336 g/mol. The minimum atomic E-state index is -3.57. The van der Waals surface area contributed by atoms with E-state index in [1.54, 1.807) is 17.4 Å². The van der Waals surface area contributed by atoms with Crippen molar-refractivity contribution in [1.82, 2.24) is 4.98 Å². The van der Waals surface area contributed by atoms with Crippen LogP contribution < -0.4 is 4.72 Å². The zero-order chi connectivity index (χ0) is 15.4. The van der Waals surface area contributed by atoms with E-state index >= 15 is 0 Å². The third-order valence-electron chi connectivity index (χ3n) is 2.75. The van der Waals surface area contributed by atoms with E-state index in [-0.39, 0.29) is 0 Å². The number of aromatic nitrogens is 1. The predicted octanol–water partition coefficient (Wildman–Crippen LogP) is 4.28. The summed E-state index contributed by atoms with van der Waals surface area (Å²) in [5.74, 6) is 0. The zero-order valence-corrected chi connectivity index (χ0v) is 13.8. The van der Waals surface area contributed by atoms with Crippen molar-refractivity contribution in [2.75, 3.05) is 4.72 Å². The van der Waals surface area contributed by atoms with Gasteiger partial charge in [-0.3, -0.25) is 4.72 Å². The minimum Gasteiger partial charge on any atom is -0.255 e. The second kappa shape index (κ2) is 6.43. The Morgan fingerprint density at radius 2 is 1.86 bits per heavy atom.